The van der Waals surface area contributed by atoms with Crippen LogP contribution < -0.4 is 0 Å². The lowest BCUT2D eigenvalue weighted by Crippen LogP contribution is -2.07. The molecule has 0 spiro atoms. The van der Waals surface area contributed by atoms with Gasteiger partial charge in [-0.25, -0.2) is 0 Å². The van der Waals surface area contributed by atoms with Crippen molar-refractivity contribution in [2.75, 3.05) is 0 Å². The number of hydrogen-bond donors (Lipinski definition) is 1. The van der Waals surface area contributed by atoms with E-state index in [4.69, 9.17) is 23.2 Å². The van der Waals surface area contributed by atoms with Crippen LogP contribution in [0.2, 0.25) is 10.0 Å². The van der Waals surface area contributed by atoms with Gasteiger partial charge in [0.2, 0.25) is 0 Å². The summed E-state index contributed by atoms with van der Waals surface area (Å²) >= 11 is 11.8. The molecule has 1 rings (SSSR count). The average molecular weight is 246 g/mol. The highest BCUT2D eigenvalue weighted by Crippen LogP contribution is 2.23. The van der Waals surface area contributed by atoms with Crippen LogP contribution in [0, 0.1) is 6.42 Å². The van der Waals surface area contributed by atoms with Gasteiger partial charge in [0.25, 0.3) is 0 Å². The summed E-state index contributed by atoms with van der Waals surface area (Å²) in [7, 11) is 0. The van der Waals surface area contributed by atoms with E-state index in [9.17, 15) is 5.11 Å². The first-order chi connectivity index (χ1) is 7.13. The van der Waals surface area contributed by atoms with Crippen molar-refractivity contribution in [2.45, 2.75) is 32.3 Å². The molecule has 0 bridgehead atoms. The lowest BCUT2D eigenvalue weighted by molar-refractivity contribution is 0.196. The van der Waals surface area contributed by atoms with Crippen LogP contribution in [0.3, 0.4) is 0 Å². The van der Waals surface area contributed by atoms with E-state index in [-0.39, 0.29) is 0 Å². The topological polar surface area (TPSA) is 20.2 Å². The van der Waals surface area contributed by atoms with E-state index in [1.165, 1.54) is 0 Å². The summed E-state index contributed by atoms with van der Waals surface area (Å²) in [5.41, 5.74) is 0.838. The number of benzene rings is 1. The first-order valence-corrected chi connectivity index (χ1v) is 5.87. The van der Waals surface area contributed by atoms with E-state index >= 15 is 0 Å². The van der Waals surface area contributed by atoms with E-state index < -0.39 is 6.10 Å². The lowest BCUT2D eigenvalue weighted by atomic mass is 10.0. The number of aliphatic hydroxyl groups is 1. The molecule has 1 aromatic carbocycles. The van der Waals surface area contributed by atoms with E-state index in [2.05, 4.69) is 6.92 Å². The highest BCUT2D eigenvalue weighted by molar-refractivity contribution is 6.35. The van der Waals surface area contributed by atoms with Crippen LogP contribution in [0.4, 0.5) is 0 Å². The van der Waals surface area contributed by atoms with Gasteiger partial charge in [0, 0.05) is 16.5 Å². The van der Waals surface area contributed by atoms with Crippen LogP contribution in [0.25, 0.3) is 0 Å². The van der Waals surface area contributed by atoms with Gasteiger partial charge in [0.15, 0.2) is 0 Å². The van der Waals surface area contributed by atoms with Crippen molar-refractivity contribution in [3.8, 4) is 0 Å². The molecule has 0 fully saturated rings. The fourth-order valence-electron chi connectivity index (χ4n) is 1.34. The number of hydrogen-bond acceptors (Lipinski definition) is 1. The van der Waals surface area contributed by atoms with Crippen molar-refractivity contribution in [3.63, 3.8) is 0 Å². The maximum atomic E-state index is 9.68. The molecule has 1 atom stereocenters. The Labute approximate surface area is 101 Å². The maximum absolute atomic E-state index is 9.68. The van der Waals surface area contributed by atoms with Gasteiger partial charge < -0.3 is 5.11 Å². The van der Waals surface area contributed by atoms with Gasteiger partial charge in [-0.3, -0.25) is 0 Å². The van der Waals surface area contributed by atoms with Crippen molar-refractivity contribution >= 4 is 23.2 Å². The summed E-state index contributed by atoms with van der Waals surface area (Å²) in [5.74, 6) is 0. The second-order valence-corrected chi connectivity index (χ2v) is 4.39. The number of rotatable bonds is 5. The second kappa shape index (κ2) is 6.37. The molecule has 0 aliphatic rings. The third-order valence-electron chi connectivity index (χ3n) is 2.19. The van der Waals surface area contributed by atoms with Crippen molar-refractivity contribution in [2.24, 2.45) is 0 Å². The highest BCUT2D eigenvalue weighted by Gasteiger charge is 2.08. The summed E-state index contributed by atoms with van der Waals surface area (Å²) < 4.78 is 0. The third-order valence-corrected chi connectivity index (χ3v) is 2.75. The molecule has 1 nitrogen and oxygen atoms in total. The van der Waals surface area contributed by atoms with E-state index in [1.807, 2.05) is 6.07 Å². The molecule has 1 N–H and O–H groups in total. The molecule has 83 valence electrons. The average Bonchev–Trinajstić information content (AvgIpc) is 2.19. The summed E-state index contributed by atoms with van der Waals surface area (Å²) in [4.78, 5) is 0. The van der Waals surface area contributed by atoms with Crippen LogP contribution in [0.5, 0.6) is 0 Å². The van der Waals surface area contributed by atoms with Crippen LogP contribution in [0.15, 0.2) is 18.2 Å². The summed E-state index contributed by atoms with van der Waals surface area (Å²) in [5, 5.41) is 10.9. The molecule has 1 aromatic rings. The molecule has 0 amide bonds. The SMILES string of the molecule is CCCCC(O)[CH]c1ccc(Cl)cc1Cl. The van der Waals surface area contributed by atoms with E-state index in [1.54, 1.807) is 18.6 Å². The highest BCUT2D eigenvalue weighted by atomic mass is 35.5. The standard InChI is InChI=1S/C12H15Cl2O/c1-2-3-4-11(15)7-9-5-6-10(13)8-12(9)14/h5-8,11,15H,2-4H2,1H3. The van der Waals surface area contributed by atoms with Gasteiger partial charge in [0.05, 0.1) is 6.10 Å². The van der Waals surface area contributed by atoms with Crippen molar-refractivity contribution in [3.05, 3.63) is 40.2 Å². The van der Waals surface area contributed by atoms with Crippen molar-refractivity contribution in [1.29, 1.82) is 0 Å². The minimum atomic E-state index is -0.427. The molecule has 0 aliphatic heterocycles. The van der Waals surface area contributed by atoms with E-state index in [0.29, 0.717) is 10.0 Å². The fraction of sp³-hybridized carbons (Fsp3) is 0.417. The predicted octanol–water partition coefficient (Wildman–Crippen LogP) is 4.10. The monoisotopic (exact) mass is 245 g/mol. The molecule has 1 radical (unpaired) electrons. The molecule has 3 heteroatoms. The maximum Gasteiger partial charge on any atom is 0.0616 e. The predicted molar refractivity (Wildman–Crippen MR) is 65.4 cm³/mol. The number of halogens is 2. The molecule has 0 aliphatic carbocycles. The summed E-state index contributed by atoms with van der Waals surface area (Å²) in [6.07, 6.45) is 4.22. The Balaban J connectivity index is 2.56. The Kier molecular flexibility index (Phi) is 5.44. The van der Waals surface area contributed by atoms with E-state index in [0.717, 1.165) is 24.8 Å². The van der Waals surface area contributed by atoms with Gasteiger partial charge in [-0.05, 0) is 24.1 Å². The van der Waals surface area contributed by atoms with Gasteiger partial charge in [-0.15, -0.1) is 0 Å². The fourth-order valence-corrected chi connectivity index (χ4v) is 1.81. The van der Waals surface area contributed by atoms with Crippen molar-refractivity contribution in [1.82, 2.24) is 0 Å². The summed E-state index contributed by atoms with van der Waals surface area (Å²) in [6.45, 7) is 2.10. The Hall–Kier alpha value is -0.240. The Bertz CT molecular complexity index is 312. The Morgan fingerprint density at radius 3 is 2.73 bits per heavy atom. The Morgan fingerprint density at radius 2 is 2.13 bits per heavy atom. The first-order valence-electron chi connectivity index (χ1n) is 5.11. The van der Waals surface area contributed by atoms with Gasteiger partial charge >= 0.3 is 0 Å². The largest absolute Gasteiger partial charge is 0.392 e. The van der Waals surface area contributed by atoms with Gasteiger partial charge in [0.1, 0.15) is 0 Å². The molecule has 15 heavy (non-hydrogen) atoms. The smallest absolute Gasteiger partial charge is 0.0616 e. The van der Waals surface area contributed by atoms with Gasteiger partial charge in [-0.2, -0.15) is 0 Å². The normalized spacial score (nSPS) is 12.8. The minimum Gasteiger partial charge on any atom is -0.392 e. The lowest BCUT2D eigenvalue weighted by Gasteiger charge is -2.10. The Morgan fingerprint density at radius 1 is 1.40 bits per heavy atom. The molecule has 0 saturated carbocycles. The third kappa shape index (κ3) is 4.42. The zero-order chi connectivity index (χ0) is 11.3. The molecule has 0 heterocycles. The molecule has 0 aromatic heterocycles. The number of unbranched alkanes of at least 4 members (excludes halogenated alkanes) is 1. The molecule has 1 unspecified atom stereocenters. The number of aliphatic hydroxyl groups excluding tert-OH is 1. The van der Waals surface area contributed by atoms with Crippen molar-refractivity contribution < 1.29 is 5.11 Å². The van der Waals surface area contributed by atoms with Crippen LogP contribution in [-0.4, -0.2) is 11.2 Å². The van der Waals surface area contributed by atoms with Crippen LogP contribution in [-0.2, 0) is 0 Å². The first kappa shape index (κ1) is 12.8. The minimum absolute atomic E-state index is 0.427. The quantitative estimate of drug-likeness (QED) is 0.829. The molecule has 0 saturated heterocycles. The molecular formula is C12H15Cl2O. The van der Waals surface area contributed by atoms with Gasteiger partial charge in [-0.1, -0.05) is 49.0 Å². The zero-order valence-electron chi connectivity index (χ0n) is 8.71. The zero-order valence-corrected chi connectivity index (χ0v) is 10.2. The van der Waals surface area contributed by atoms with Crippen LogP contribution in [0.1, 0.15) is 31.7 Å². The van der Waals surface area contributed by atoms with Crippen LogP contribution >= 0.6 is 23.2 Å². The molecular weight excluding hydrogens is 231 g/mol. The summed E-state index contributed by atoms with van der Waals surface area (Å²) in [6, 6.07) is 5.27. The second-order valence-electron chi connectivity index (χ2n) is 3.54.